The van der Waals surface area contributed by atoms with Crippen LogP contribution in [0.3, 0.4) is 0 Å². The molecule has 0 saturated carbocycles. The SMILES string of the molecule is Cc1c(C(=O)NCC(C)C)nnn1-c1cccc2c1CCN(Cc1ccccc1)C2. The predicted molar refractivity (Wildman–Crippen MR) is 118 cm³/mol. The molecule has 1 amide bonds. The van der Waals surface area contributed by atoms with Crippen LogP contribution in [0.15, 0.2) is 48.5 Å². The van der Waals surface area contributed by atoms with Gasteiger partial charge >= 0.3 is 0 Å². The van der Waals surface area contributed by atoms with E-state index in [1.807, 2.05) is 11.6 Å². The van der Waals surface area contributed by atoms with Gasteiger partial charge in [0.1, 0.15) is 0 Å². The van der Waals surface area contributed by atoms with E-state index in [-0.39, 0.29) is 5.91 Å². The molecular weight excluding hydrogens is 374 g/mol. The molecule has 0 spiro atoms. The van der Waals surface area contributed by atoms with Crippen LogP contribution in [-0.4, -0.2) is 38.9 Å². The zero-order chi connectivity index (χ0) is 21.1. The molecule has 6 heteroatoms. The summed E-state index contributed by atoms with van der Waals surface area (Å²) in [7, 11) is 0. The van der Waals surface area contributed by atoms with E-state index in [1.165, 1.54) is 16.7 Å². The summed E-state index contributed by atoms with van der Waals surface area (Å²) in [6.07, 6.45) is 0.951. The van der Waals surface area contributed by atoms with E-state index < -0.39 is 0 Å². The summed E-state index contributed by atoms with van der Waals surface area (Å²) in [5.41, 5.74) is 6.14. The topological polar surface area (TPSA) is 63.1 Å². The Morgan fingerprint density at radius 1 is 1.13 bits per heavy atom. The fourth-order valence-corrected chi connectivity index (χ4v) is 3.97. The minimum atomic E-state index is -0.161. The molecular formula is C24H29N5O. The molecule has 0 fully saturated rings. The molecule has 6 nitrogen and oxygen atoms in total. The van der Waals surface area contributed by atoms with Crippen molar-refractivity contribution in [1.29, 1.82) is 0 Å². The number of fused-ring (bicyclic) bond motifs is 1. The molecule has 0 saturated heterocycles. The van der Waals surface area contributed by atoms with Gasteiger partial charge in [0.25, 0.3) is 5.91 Å². The minimum Gasteiger partial charge on any atom is -0.350 e. The second-order valence-electron chi connectivity index (χ2n) is 8.40. The van der Waals surface area contributed by atoms with Gasteiger partial charge in [0.15, 0.2) is 5.69 Å². The van der Waals surface area contributed by atoms with Crippen LogP contribution in [0.5, 0.6) is 0 Å². The second-order valence-corrected chi connectivity index (χ2v) is 8.40. The number of hydrogen-bond acceptors (Lipinski definition) is 4. The fraction of sp³-hybridized carbons (Fsp3) is 0.375. The van der Waals surface area contributed by atoms with Crippen LogP contribution in [-0.2, 0) is 19.5 Å². The first-order chi connectivity index (χ1) is 14.5. The number of nitrogens with zero attached hydrogens (tertiary/aromatic N) is 4. The highest BCUT2D eigenvalue weighted by atomic mass is 16.2. The number of nitrogens with one attached hydrogen (secondary N) is 1. The van der Waals surface area contributed by atoms with Crippen molar-refractivity contribution in [3.05, 3.63) is 76.6 Å². The lowest BCUT2D eigenvalue weighted by atomic mass is 9.97. The summed E-state index contributed by atoms with van der Waals surface area (Å²) in [4.78, 5) is 15.0. The van der Waals surface area contributed by atoms with E-state index in [0.717, 1.165) is 37.4 Å². The molecule has 0 aliphatic carbocycles. The number of amides is 1. The molecule has 0 atom stereocenters. The first kappa shape index (κ1) is 20.3. The molecule has 0 radical (unpaired) electrons. The zero-order valence-electron chi connectivity index (χ0n) is 17.9. The van der Waals surface area contributed by atoms with E-state index in [9.17, 15) is 4.79 Å². The van der Waals surface area contributed by atoms with Crippen molar-refractivity contribution in [1.82, 2.24) is 25.2 Å². The van der Waals surface area contributed by atoms with E-state index in [4.69, 9.17) is 0 Å². The van der Waals surface area contributed by atoms with Crippen molar-refractivity contribution >= 4 is 5.91 Å². The Morgan fingerprint density at radius 2 is 1.93 bits per heavy atom. The van der Waals surface area contributed by atoms with Crippen LogP contribution in [0.4, 0.5) is 0 Å². The van der Waals surface area contributed by atoms with Crippen LogP contribution >= 0.6 is 0 Å². The number of rotatable bonds is 6. The maximum Gasteiger partial charge on any atom is 0.273 e. The lowest BCUT2D eigenvalue weighted by Crippen LogP contribution is -2.31. The lowest BCUT2D eigenvalue weighted by molar-refractivity contribution is 0.0943. The monoisotopic (exact) mass is 403 g/mol. The molecule has 156 valence electrons. The number of carbonyl (C=O) groups excluding carboxylic acids is 1. The molecule has 1 N–H and O–H groups in total. The number of carbonyl (C=O) groups is 1. The fourth-order valence-electron chi connectivity index (χ4n) is 3.97. The van der Waals surface area contributed by atoms with E-state index >= 15 is 0 Å². The third kappa shape index (κ3) is 4.28. The summed E-state index contributed by atoms with van der Waals surface area (Å²) >= 11 is 0. The van der Waals surface area contributed by atoms with Crippen molar-refractivity contribution in [2.45, 2.75) is 40.3 Å². The largest absolute Gasteiger partial charge is 0.350 e. The van der Waals surface area contributed by atoms with Crippen molar-refractivity contribution < 1.29 is 4.79 Å². The summed E-state index contributed by atoms with van der Waals surface area (Å²) in [6.45, 7) is 9.54. The molecule has 0 unspecified atom stereocenters. The van der Waals surface area contributed by atoms with Gasteiger partial charge in [0, 0.05) is 26.2 Å². The molecule has 0 bridgehead atoms. The second kappa shape index (κ2) is 8.79. The third-order valence-corrected chi connectivity index (χ3v) is 5.58. The molecule has 2 aromatic carbocycles. The highest BCUT2D eigenvalue weighted by molar-refractivity contribution is 5.93. The van der Waals surface area contributed by atoms with Gasteiger partial charge in [-0.1, -0.05) is 61.5 Å². The van der Waals surface area contributed by atoms with Crippen molar-refractivity contribution in [3.8, 4) is 5.69 Å². The van der Waals surface area contributed by atoms with Crippen molar-refractivity contribution in [2.75, 3.05) is 13.1 Å². The minimum absolute atomic E-state index is 0.161. The number of aromatic nitrogens is 3. The van der Waals surface area contributed by atoms with Crippen LogP contribution in [0.1, 0.15) is 46.7 Å². The van der Waals surface area contributed by atoms with Crippen molar-refractivity contribution in [3.63, 3.8) is 0 Å². The Bertz CT molecular complexity index is 1030. The van der Waals surface area contributed by atoms with Crippen LogP contribution in [0, 0.1) is 12.8 Å². The maximum absolute atomic E-state index is 12.5. The third-order valence-electron chi connectivity index (χ3n) is 5.58. The molecule has 1 aromatic heterocycles. The summed E-state index contributed by atoms with van der Waals surface area (Å²) in [6, 6.07) is 16.9. The first-order valence-electron chi connectivity index (χ1n) is 10.6. The van der Waals surface area contributed by atoms with Gasteiger partial charge in [0.2, 0.25) is 0 Å². The number of benzene rings is 2. The van der Waals surface area contributed by atoms with E-state index in [0.29, 0.717) is 18.2 Å². The van der Waals surface area contributed by atoms with Gasteiger partial charge in [-0.05, 0) is 42.0 Å². The molecule has 2 heterocycles. The Morgan fingerprint density at radius 3 is 2.70 bits per heavy atom. The highest BCUT2D eigenvalue weighted by Gasteiger charge is 2.23. The Balaban J connectivity index is 1.55. The zero-order valence-corrected chi connectivity index (χ0v) is 17.9. The van der Waals surface area contributed by atoms with Gasteiger partial charge < -0.3 is 5.32 Å². The van der Waals surface area contributed by atoms with Crippen LogP contribution in [0.25, 0.3) is 5.69 Å². The smallest absolute Gasteiger partial charge is 0.273 e. The molecule has 1 aliphatic rings. The summed E-state index contributed by atoms with van der Waals surface area (Å²) in [5, 5.41) is 11.4. The highest BCUT2D eigenvalue weighted by Crippen LogP contribution is 2.27. The van der Waals surface area contributed by atoms with Gasteiger partial charge in [0.05, 0.1) is 11.4 Å². The van der Waals surface area contributed by atoms with Crippen LogP contribution < -0.4 is 5.32 Å². The van der Waals surface area contributed by atoms with E-state index in [1.54, 1.807) is 0 Å². The molecule has 1 aliphatic heterocycles. The van der Waals surface area contributed by atoms with Gasteiger partial charge in [-0.25, -0.2) is 4.68 Å². The Kier molecular flexibility index (Phi) is 5.95. The standard InChI is InChI=1S/C24H29N5O/c1-17(2)14-25-24(30)23-18(3)29(27-26-23)22-11-7-10-20-16-28(13-12-21(20)22)15-19-8-5-4-6-9-19/h4-11,17H,12-16H2,1-3H3,(H,25,30). The predicted octanol–water partition coefficient (Wildman–Crippen LogP) is 3.52. The average Bonchev–Trinajstić information content (AvgIpc) is 3.13. The first-order valence-corrected chi connectivity index (χ1v) is 10.6. The van der Waals surface area contributed by atoms with E-state index in [2.05, 4.69) is 82.9 Å². The quantitative estimate of drug-likeness (QED) is 0.684. The Labute approximate surface area is 177 Å². The lowest BCUT2D eigenvalue weighted by Gasteiger charge is -2.30. The van der Waals surface area contributed by atoms with Crippen LogP contribution in [0.2, 0.25) is 0 Å². The van der Waals surface area contributed by atoms with Gasteiger partial charge in [-0.15, -0.1) is 5.10 Å². The van der Waals surface area contributed by atoms with Gasteiger partial charge in [-0.2, -0.15) is 0 Å². The number of hydrogen-bond donors (Lipinski definition) is 1. The average molecular weight is 404 g/mol. The maximum atomic E-state index is 12.5. The summed E-state index contributed by atoms with van der Waals surface area (Å²) < 4.78 is 1.82. The molecule has 30 heavy (non-hydrogen) atoms. The van der Waals surface area contributed by atoms with Crippen molar-refractivity contribution in [2.24, 2.45) is 5.92 Å². The summed E-state index contributed by atoms with van der Waals surface area (Å²) in [5.74, 6) is 0.232. The molecule has 4 rings (SSSR count). The normalized spacial score (nSPS) is 14.0. The Hall–Kier alpha value is -2.99. The molecule has 3 aromatic rings. The van der Waals surface area contributed by atoms with Gasteiger partial charge in [-0.3, -0.25) is 9.69 Å².